The molecule has 1 aliphatic carbocycles. The topological polar surface area (TPSA) is 49.4 Å². The van der Waals surface area contributed by atoms with Crippen molar-refractivity contribution < 1.29 is 9.59 Å². The highest BCUT2D eigenvalue weighted by Crippen LogP contribution is 2.33. The summed E-state index contributed by atoms with van der Waals surface area (Å²) in [5.74, 6) is 0.347. The van der Waals surface area contributed by atoms with Gasteiger partial charge in [0.2, 0.25) is 11.8 Å². The van der Waals surface area contributed by atoms with Crippen LogP contribution >= 0.6 is 0 Å². The summed E-state index contributed by atoms with van der Waals surface area (Å²) in [7, 11) is 0. The number of carbonyl (C=O) groups excluding carboxylic acids is 2. The second kappa shape index (κ2) is 4.67. The van der Waals surface area contributed by atoms with Gasteiger partial charge >= 0.3 is 0 Å². The molecule has 96 valence electrons. The number of carbonyl (C=O) groups is 2. The van der Waals surface area contributed by atoms with Gasteiger partial charge in [-0.05, 0) is 25.2 Å². The van der Waals surface area contributed by atoms with E-state index in [2.05, 4.69) is 5.32 Å². The lowest BCUT2D eigenvalue weighted by atomic mass is 9.95. The zero-order valence-electron chi connectivity index (χ0n) is 10.9. The molecule has 0 spiro atoms. The average molecular weight is 238 g/mol. The van der Waals surface area contributed by atoms with Crippen molar-refractivity contribution in [2.75, 3.05) is 0 Å². The van der Waals surface area contributed by atoms with E-state index in [0.29, 0.717) is 6.04 Å². The molecule has 1 saturated heterocycles. The lowest BCUT2D eigenvalue weighted by molar-refractivity contribution is -0.152. The van der Waals surface area contributed by atoms with Gasteiger partial charge in [-0.25, -0.2) is 0 Å². The van der Waals surface area contributed by atoms with Crippen molar-refractivity contribution in [3.8, 4) is 0 Å². The second-order valence-corrected chi connectivity index (χ2v) is 5.52. The molecule has 0 aromatic heterocycles. The van der Waals surface area contributed by atoms with Crippen LogP contribution in [0.15, 0.2) is 0 Å². The summed E-state index contributed by atoms with van der Waals surface area (Å²) in [5.41, 5.74) is 0. The molecular weight excluding hydrogens is 216 g/mol. The molecule has 2 unspecified atom stereocenters. The third-order valence-electron chi connectivity index (χ3n) is 3.59. The quantitative estimate of drug-likeness (QED) is 0.802. The van der Waals surface area contributed by atoms with Crippen LogP contribution in [0.2, 0.25) is 0 Å². The van der Waals surface area contributed by atoms with E-state index in [4.69, 9.17) is 0 Å². The first-order chi connectivity index (χ1) is 8.06. The third-order valence-corrected chi connectivity index (χ3v) is 3.59. The molecule has 1 N–H and O–H groups in total. The Bertz CT molecular complexity index is 323. The summed E-state index contributed by atoms with van der Waals surface area (Å²) >= 11 is 0. The van der Waals surface area contributed by atoms with Crippen LogP contribution in [0.25, 0.3) is 0 Å². The van der Waals surface area contributed by atoms with E-state index in [1.807, 2.05) is 25.7 Å². The minimum Gasteiger partial charge on any atom is -0.342 e. The van der Waals surface area contributed by atoms with Crippen molar-refractivity contribution in [2.24, 2.45) is 5.92 Å². The Kier molecular flexibility index (Phi) is 3.40. The molecule has 2 atom stereocenters. The fraction of sp³-hybridized carbons (Fsp3) is 0.846. The van der Waals surface area contributed by atoms with Crippen LogP contribution in [-0.4, -0.2) is 34.8 Å². The Morgan fingerprint density at radius 1 is 1.35 bits per heavy atom. The van der Waals surface area contributed by atoms with Gasteiger partial charge in [0.25, 0.3) is 0 Å². The van der Waals surface area contributed by atoms with E-state index in [9.17, 15) is 9.59 Å². The van der Waals surface area contributed by atoms with Gasteiger partial charge in [-0.3, -0.25) is 9.59 Å². The molecule has 17 heavy (non-hydrogen) atoms. The lowest BCUT2D eigenvalue weighted by Crippen LogP contribution is -2.65. The molecule has 0 radical (unpaired) electrons. The number of nitrogens with one attached hydrogen (secondary N) is 1. The van der Waals surface area contributed by atoms with E-state index in [0.717, 1.165) is 25.7 Å². The molecule has 1 saturated carbocycles. The Morgan fingerprint density at radius 2 is 2.00 bits per heavy atom. The molecular formula is C13H22N2O2. The van der Waals surface area contributed by atoms with Gasteiger partial charge in [0.1, 0.15) is 12.1 Å². The molecule has 1 heterocycles. The highest BCUT2D eigenvalue weighted by atomic mass is 16.2. The monoisotopic (exact) mass is 238 g/mol. The zero-order valence-corrected chi connectivity index (χ0v) is 10.9. The normalized spacial score (nSPS) is 29.8. The van der Waals surface area contributed by atoms with Crippen LogP contribution in [-0.2, 0) is 9.59 Å². The molecule has 2 aliphatic rings. The summed E-state index contributed by atoms with van der Waals surface area (Å²) < 4.78 is 0. The van der Waals surface area contributed by atoms with E-state index in [1.165, 1.54) is 0 Å². The SMILES string of the molecule is CCCC1NC(=O)C(C(C)C)N(C2CC2)C1=O. The summed E-state index contributed by atoms with van der Waals surface area (Å²) in [6, 6.07) is -0.230. The summed E-state index contributed by atoms with van der Waals surface area (Å²) in [6.45, 7) is 6.05. The molecule has 2 amide bonds. The number of nitrogens with zero attached hydrogens (tertiary/aromatic N) is 1. The van der Waals surface area contributed by atoms with Crippen LogP contribution < -0.4 is 5.32 Å². The van der Waals surface area contributed by atoms with Gasteiger partial charge < -0.3 is 10.2 Å². The van der Waals surface area contributed by atoms with Gasteiger partial charge in [0.05, 0.1) is 0 Å². The number of rotatable bonds is 4. The van der Waals surface area contributed by atoms with Crippen molar-refractivity contribution >= 4 is 11.8 Å². The number of hydrogen-bond acceptors (Lipinski definition) is 2. The Balaban J connectivity index is 2.19. The smallest absolute Gasteiger partial charge is 0.246 e. The van der Waals surface area contributed by atoms with Gasteiger partial charge in [-0.15, -0.1) is 0 Å². The van der Waals surface area contributed by atoms with Crippen molar-refractivity contribution in [3.05, 3.63) is 0 Å². The summed E-state index contributed by atoms with van der Waals surface area (Å²) in [5, 5.41) is 2.88. The Labute approximate surface area is 103 Å². The number of piperazine rings is 1. The predicted octanol–water partition coefficient (Wildman–Crippen LogP) is 1.30. The number of hydrogen-bond donors (Lipinski definition) is 1. The standard InChI is InChI=1S/C13H22N2O2/c1-4-5-10-13(17)15(9-6-7-9)11(8(2)3)12(16)14-10/h8-11H,4-7H2,1-3H3,(H,14,16). The summed E-state index contributed by atoms with van der Waals surface area (Å²) in [6.07, 6.45) is 3.78. The first-order valence-electron chi connectivity index (χ1n) is 6.68. The Hall–Kier alpha value is -1.06. The van der Waals surface area contributed by atoms with E-state index in [1.54, 1.807) is 0 Å². The molecule has 4 nitrogen and oxygen atoms in total. The van der Waals surface area contributed by atoms with Crippen LogP contribution in [0.4, 0.5) is 0 Å². The zero-order chi connectivity index (χ0) is 12.6. The highest BCUT2D eigenvalue weighted by Gasteiger charge is 2.47. The van der Waals surface area contributed by atoms with Crippen LogP contribution in [0, 0.1) is 5.92 Å². The molecule has 0 aromatic rings. The Morgan fingerprint density at radius 3 is 2.47 bits per heavy atom. The van der Waals surface area contributed by atoms with Crippen molar-refractivity contribution in [2.45, 2.75) is 64.6 Å². The lowest BCUT2D eigenvalue weighted by Gasteiger charge is -2.41. The van der Waals surface area contributed by atoms with E-state index < -0.39 is 0 Å². The van der Waals surface area contributed by atoms with Crippen molar-refractivity contribution in [3.63, 3.8) is 0 Å². The first-order valence-corrected chi connectivity index (χ1v) is 6.68. The van der Waals surface area contributed by atoms with Gasteiger partial charge in [0, 0.05) is 6.04 Å². The fourth-order valence-corrected chi connectivity index (χ4v) is 2.63. The third kappa shape index (κ3) is 2.31. The van der Waals surface area contributed by atoms with E-state index in [-0.39, 0.29) is 29.8 Å². The largest absolute Gasteiger partial charge is 0.342 e. The minimum absolute atomic E-state index is 0.0324. The fourth-order valence-electron chi connectivity index (χ4n) is 2.63. The van der Waals surface area contributed by atoms with Gasteiger partial charge in [-0.1, -0.05) is 27.2 Å². The maximum absolute atomic E-state index is 12.4. The van der Waals surface area contributed by atoms with Crippen LogP contribution in [0.1, 0.15) is 46.5 Å². The molecule has 2 fully saturated rings. The highest BCUT2D eigenvalue weighted by molar-refractivity contribution is 5.97. The maximum Gasteiger partial charge on any atom is 0.246 e. The summed E-state index contributed by atoms with van der Waals surface area (Å²) in [4.78, 5) is 26.3. The molecule has 0 aromatic carbocycles. The predicted molar refractivity (Wildman–Crippen MR) is 65.3 cm³/mol. The molecule has 2 rings (SSSR count). The molecule has 4 heteroatoms. The first kappa shape index (κ1) is 12.4. The van der Waals surface area contributed by atoms with Gasteiger partial charge in [-0.2, -0.15) is 0 Å². The van der Waals surface area contributed by atoms with Crippen LogP contribution in [0.5, 0.6) is 0 Å². The van der Waals surface area contributed by atoms with Crippen molar-refractivity contribution in [1.29, 1.82) is 0 Å². The van der Waals surface area contributed by atoms with Crippen molar-refractivity contribution in [1.82, 2.24) is 10.2 Å². The second-order valence-electron chi connectivity index (χ2n) is 5.52. The van der Waals surface area contributed by atoms with Gasteiger partial charge in [0.15, 0.2) is 0 Å². The molecule has 1 aliphatic heterocycles. The molecule has 0 bridgehead atoms. The average Bonchev–Trinajstić information content (AvgIpc) is 3.05. The minimum atomic E-state index is -0.289. The number of amides is 2. The van der Waals surface area contributed by atoms with Crippen LogP contribution in [0.3, 0.4) is 0 Å². The van der Waals surface area contributed by atoms with E-state index >= 15 is 0 Å². The maximum atomic E-state index is 12.4.